The second kappa shape index (κ2) is 5.14. The van der Waals surface area contributed by atoms with Gasteiger partial charge in [0.2, 0.25) is 0 Å². The first-order valence-electron chi connectivity index (χ1n) is 5.42. The van der Waals surface area contributed by atoms with Crippen LogP contribution in [0.15, 0.2) is 24.5 Å². The summed E-state index contributed by atoms with van der Waals surface area (Å²) in [6.07, 6.45) is 1.36. The lowest BCUT2D eigenvalue weighted by Gasteiger charge is -2.12. The van der Waals surface area contributed by atoms with Gasteiger partial charge in [-0.1, -0.05) is 0 Å². The average Bonchev–Trinajstić information content (AvgIpc) is 2.92. The van der Waals surface area contributed by atoms with E-state index >= 15 is 0 Å². The molecule has 8 heteroatoms. The average molecular weight is 258 g/mol. The molecule has 0 amide bonds. The van der Waals surface area contributed by atoms with E-state index in [1.807, 2.05) is 6.07 Å². The normalized spacial score (nSPS) is 11.6. The molecule has 0 radical (unpaired) electrons. The second-order valence-corrected chi connectivity index (χ2v) is 3.84. The van der Waals surface area contributed by atoms with Crippen molar-refractivity contribution < 1.29 is 4.92 Å². The lowest BCUT2D eigenvalue weighted by atomic mass is 10.1. The van der Waals surface area contributed by atoms with Crippen molar-refractivity contribution >= 4 is 11.4 Å². The summed E-state index contributed by atoms with van der Waals surface area (Å²) in [4.78, 5) is 14.4. The van der Waals surface area contributed by atoms with Crippen LogP contribution in [0.1, 0.15) is 24.4 Å². The Kier molecular flexibility index (Phi) is 3.38. The molecule has 0 saturated carbocycles. The van der Waals surface area contributed by atoms with E-state index in [1.165, 1.54) is 24.5 Å². The van der Waals surface area contributed by atoms with Gasteiger partial charge in [0.05, 0.1) is 22.6 Å². The van der Waals surface area contributed by atoms with E-state index in [4.69, 9.17) is 5.26 Å². The van der Waals surface area contributed by atoms with Crippen LogP contribution in [0.3, 0.4) is 0 Å². The van der Waals surface area contributed by atoms with Crippen LogP contribution in [-0.2, 0) is 0 Å². The first-order valence-corrected chi connectivity index (χ1v) is 5.42. The van der Waals surface area contributed by atoms with Gasteiger partial charge >= 0.3 is 0 Å². The van der Waals surface area contributed by atoms with Crippen molar-refractivity contribution in [1.82, 2.24) is 15.2 Å². The minimum atomic E-state index is -0.531. The number of nitrogens with zero attached hydrogens (tertiary/aromatic N) is 4. The van der Waals surface area contributed by atoms with E-state index in [2.05, 4.69) is 20.5 Å². The summed E-state index contributed by atoms with van der Waals surface area (Å²) in [5.41, 5.74) is 0.419. The summed E-state index contributed by atoms with van der Waals surface area (Å²) >= 11 is 0. The number of anilines is 1. The lowest BCUT2D eigenvalue weighted by molar-refractivity contribution is -0.384. The molecule has 1 aromatic carbocycles. The highest BCUT2D eigenvalue weighted by molar-refractivity contribution is 5.64. The summed E-state index contributed by atoms with van der Waals surface area (Å²) in [6, 6.07) is 5.85. The Balaban J connectivity index is 2.30. The Morgan fingerprint density at radius 1 is 1.58 bits per heavy atom. The van der Waals surface area contributed by atoms with Crippen LogP contribution in [0.4, 0.5) is 11.4 Å². The topological polar surface area (TPSA) is 121 Å². The van der Waals surface area contributed by atoms with Crippen molar-refractivity contribution in [3.8, 4) is 6.07 Å². The fourth-order valence-electron chi connectivity index (χ4n) is 1.60. The van der Waals surface area contributed by atoms with Gasteiger partial charge < -0.3 is 5.32 Å². The maximum absolute atomic E-state index is 11.0. The second-order valence-electron chi connectivity index (χ2n) is 3.84. The van der Waals surface area contributed by atoms with Crippen LogP contribution in [0.25, 0.3) is 0 Å². The Morgan fingerprint density at radius 3 is 2.95 bits per heavy atom. The molecule has 96 valence electrons. The zero-order chi connectivity index (χ0) is 13.8. The predicted molar refractivity (Wildman–Crippen MR) is 66.2 cm³/mol. The molecule has 0 bridgehead atoms. The molecule has 0 aliphatic heterocycles. The molecule has 1 aromatic heterocycles. The molecule has 1 atom stereocenters. The van der Waals surface area contributed by atoms with Gasteiger partial charge in [-0.25, -0.2) is 4.98 Å². The number of benzene rings is 1. The maximum Gasteiger partial charge on any atom is 0.293 e. The summed E-state index contributed by atoms with van der Waals surface area (Å²) in [7, 11) is 0. The predicted octanol–water partition coefficient (Wildman–Crippen LogP) is 1.76. The molecular weight excluding hydrogens is 248 g/mol. The number of nitriles is 1. The lowest BCUT2D eigenvalue weighted by Crippen LogP contribution is -2.10. The summed E-state index contributed by atoms with van der Waals surface area (Å²) < 4.78 is 0. The zero-order valence-electron chi connectivity index (χ0n) is 9.99. The molecule has 2 rings (SSSR count). The van der Waals surface area contributed by atoms with Crippen molar-refractivity contribution in [2.75, 3.05) is 5.32 Å². The molecule has 2 aromatic rings. The molecular formula is C11H10N6O2. The van der Waals surface area contributed by atoms with Gasteiger partial charge in [-0.15, -0.1) is 0 Å². The number of hydrogen-bond donors (Lipinski definition) is 2. The summed E-state index contributed by atoms with van der Waals surface area (Å²) in [5, 5.41) is 29.1. The number of nitro benzene ring substituents is 1. The Hall–Kier alpha value is -2.95. The number of aromatic amines is 1. The van der Waals surface area contributed by atoms with Crippen molar-refractivity contribution in [2.45, 2.75) is 13.0 Å². The van der Waals surface area contributed by atoms with Gasteiger partial charge in [0, 0.05) is 6.07 Å². The Labute approximate surface area is 108 Å². The van der Waals surface area contributed by atoms with Crippen LogP contribution in [0.5, 0.6) is 0 Å². The molecule has 1 heterocycles. The zero-order valence-corrected chi connectivity index (χ0v) is 9.99. The van der Waals surface area contributed by atoms with Gasteiger partial charge in [0.1, 0.15) is 17.8 Å². The molecule has 2 N–H and O–H groups in total. The number of H-pyrrole nitrogens is 1. The van der Waals surface area contributed by atoms with Crippen LogP contribution in [0, 0.1) is 21.4 Å². The Morgan fingerprint density at radius 2 is 2.37 bits per heavy atom. The monoisotopic (exact) mass is 258 g/mol. The number of aromatic nitrogens is 3. The van der Waals surface area contributed by atoms with Gasteiger partial charge in [0.15, 0.2) is 0 Å². The van der Waals surface area contributed by atoms with Gasteiger partial charge in [-0.3, -0.25) is 15.2 Å². The SMILES string of the molecule is CC(Nc1ccc(C#N)cc1[N+](=O)[O-])c1ncn[nH]1. The van der Waals surface area contributed by atoms with Crippen LogP contribution >= 0.6 is 0 Å². The number of nitro groups is 1. The maximum atomic E-state index is 11.0. The molecule has 0 fully saturated rings. The van der Waals surface area contributed by atoms with E-state index in [-0.39, 0.29) is 17.3 Å². The summed E-state index contributed by atoms with van der Waals surface area (Å²) in [5.74, 6) is 0.568. The molecule has 0 spiro atoms. The number of hydrogen-bond acceptors (Lipinski definition) is 6. The van der Waals surface area contributed by atoms with Gasteiger partial charge in [-0.2, -0.15) is 10.4 Å². The smallest absolute Gasteiger partial charge is 0.293 e. The third-order valence-electron chi connectivity index (χ3n) is 2.54. The Bertz CT molecular complexity index is 631. The molecule has 19 heavy (non-hydrogen) atoms. The minimum Gasteiger partial charge on any atom is -0.370 e. The van der Waals surface area contributed by atoms with Crippen LogP contribution in [0.2, 0.25) is 0 Å². The van der Waals surface area contributed by atoms with E-state index in [1.54, 1.807) is 6.92 Å². The summed E-state index contributed by atoms with van der Waals surface area (Å²) in [6.45, 7) is 1.79. The highest BCUT2D eigenvalue weighted by Gasteiger charge is 2.17. The van der Waals surface area contributed by atoms with Gasteiger partial charge in [-0.05, 0) is 19.1 Å². The molecule has 0 saturated heterocycles. The van der Waals surface area contributed by atoms with Gasteiger partial charge in [0.25, 0.3) is 5.69 Å². The highest BCUT2D eigenvalue weighted by Crippen LogP contribution is 2.28. The van der Waals surface area contributed by atoms with E-state index in [9.17, 15) is 10.1 Å². The van der Waals surface area contributed by atoms with Crippen LogP contribution < -0.4 is 5.32 Å². The first-order chi connectivity index (χ1) is 9.11. The first kappa shape index (κ1) is 12.5. The highest BCUT2D eigenvalue weighted by atomic mass is 16.6. The fourth-order valence-corrected chi connectivity index (χ4v) is 1.60. The molecule has 0 aliphatic rings. The van der Waals surface area contributed by atoms with Crippen molar-refractivity contribution in [1.29, 1.82) is 5.26 Å². The van der Waals surface area contributed by atoms with Crippen LogP contribution in [-0.4, -0.2) is 20.1 Å². The third kappa shape index (κ3) is 2.66. The molecule has 0 aliphatic carbocycles. The van der Waals surface area contributed by atoms with Crippen molar-refractivity contribution in [3.05, 3.63) is 46.0 Å². The van der Waals surface area contributed by atoms with E-state index in [0.717, 1.165) is 0 Å². The van der Waals surface area contributed by atoms with E-state index < -0.39 is 4.92 Å². The standard InChI is InChI=1S/C11H10N6O2/c1-7(11-13-6-14-16-11)15-9-3-2-8(5-12)4-10(9)17(18)19/h2-4,6-7,15H,1H3,(H,13,14,16). The number of nitrogens with one attached hydrogen (secondary N) is 2. The largest absolute Gasteiger partial charge is 0.370 e. The van der Waals surface area contributed by atoms with Crippen molar-refractivity contribution in [2.24, 2.45) is 0 Å². The van der Waals surface area contributed by atoms with E-state index in [0.29, 0.717) is 11.5 Å². The third-order valence-corrected chi connectivity index (χ3v) is 2.54. The minimum absolute atomic E-state index is 0.148. The number of rotatable bonds is 4. The molecule has 8 nitrogen and oxygen atoms in total. The van der Waals surface area contributed by atoms with Crippen molar-refractivity contribution in [3.63, 3.8) is 0 Å². The fraction of sp³-hybridized carbons (Fsp3) is 0.182. The molecule has 1 unspecified atom stereocenters. The quantitative estimate of drug-likeness (QED) is 0.636.